The van der Waals surface area contributed by atoms with Crippen LogP contribution in [0.2, 0.25) is 0 Å². The summed E-state index contributed by atoms with van der Waals surface area (Å²) in [5, 5.41) is 10.5. The number of benzene rings is 1. The molecular formula is C15H18O2. The Balaban J connectivity index is 2.42. The standard InChI is InChI=1S/C15H18O2/c1-3-10-15(16)11-9-13(14(15)17-2)12-7-5-4-6-8-12/h3-8,16H,1,9-11H2,2H3. The Hall–Kier alpha value is -1.54. The SMILES string of the molecule is C=CCC1(O)CCC(c2ccccc2)=C1OC. The summed E-state index contributed by atoms with van der Waals surface area (Å²) >= 11 is 0. The van der Waals surface area contributed by atoms with Crippen LogP contribution in [-0.2, 0) is 4.74 Å². The van der Waals surface area contributed by atoms with Crippen molar-refractivity contribution in [2.75, 3.05) is 7.11 Å². The zero-order valence-electron chi connectivity index (χ0n) is 10.1. The first-order valence-electron chi connectivity index (χ1n) is 5.87. The number of hydrogen-bond acceptors (Lipinski definition) is 2. The van der Waals surface area contributed by atoms with Gasteiger partial charge in [0.1, 0.15) is 11.4 Å². The lowest BCUT2D eigenvalue weighted by Crippen LogP contribution is -2.28. The lowest BCUT2D eigenvalue weighted by atomic mass is 9.97. The van der Waals surface area contributed by atoms with Crippen LogP contribution in [0.5, 0.6) is 0 Å². The van der Waals surface area contributed by atoms with Gasteiger partial charge < -0.3 is 9.84 Å². The van der Waals surface area contributed by atoms with Gasteiger partial charge >= 0.3 is 0 Å². The minimum Gasteiger partial charge on any atom is -0.498 e. The third-order valence-corrected chi connectivity index (χ3v) is 3.29. The van der Waals surface area contributed by atoms with Gasteiger partial charge in [-0.25, -0.2) is 0 Å². The zero-order valence-corrected chi connectivity index (χ0v) is 10.1. The molecule has 0 bridgehead atoms. The van der Waals surface area contributed by atoms with Gasteiger partial charge in [-0.2, -0.15) is 0 Å². The van der Waals surface area contributed by atoms with Crippen molar-refractivity contribution >= 4 is 5.57 Å². The van der Waals surface area contributed by atoms with E-state index in [1.807, 2.05) is 30.3 Å². The van der Waals surface area contributed by atoms with Crippen molar-refractivity contribution in [3.63, 3.8) is 0 Å². The average molecular weight is 230 g/mol. The highest BCUT2D eigenvalue weighted by Crippen LogP contribution is 2.43. The minimum atomic E-state index is -0.873. The number of ether oxygens (including phenoxy) is 1. The van der Waals surface area contributed by atoms with E-state index in [0.29, 0.717) is 18.6 Å². The summed E-state index contributed by atoms with van der Waals surface area (Å²) in [4.78, 5) is 0. The third kappa shape index (κ3) is 2.13. The molecule has 0 aromatic heterocycles. The molecule has 1 aliphatic carbocycles. The summed E-state index contributed by atoms with van der Waals surface area (Å²) in [7, 11) is 1.62. The van der Waals surface area contributed by atoms with Gasteiger partial charge in [0, 0.05) is 12.0 Å². The monoisotopic (exact) mass is 230 g/mol. The smallest absolute Gasteiger partial charge is 0.131 e. The number of allylic oxidation sites excluding steroid dienone is 1. The topological polar surface area (TPSA) is 29.5 Å². The van der Waals surface area contributed by atoms with Crippen LogP contribution in [0, 0.1) is 0 Å². The van der Waals surface area contributed by atoms with Crippen molar-refractivity contribution < 1.29 is 9.84 Å². The molecule has 2 heteroatoms. The number of aliphatic hydroxyl groups is 1. The Morgan fingerprint density at radius 3 is 2.71 bits per heavy atom. The maximum absolute atomic E-state index is 10.5. The van der Waals surface area contributed by atoms with Crippen molar-refractivity contribution in [2.24, 2.45) is 0 Å². The Morgan fingerprint density at radius 1 is 1.41 bits per heavy atom. The van der Waals surface area contributed by atoms with E-state index in [4.69, 9.17) is 4.74 Å². The zero-order chi connectivity index (χ0) is 12.3. The van der Waals surface area contributed by atoms with Gasteiger partial charge in [0.25, 0.3) is 0 Å². The second-order valence-electron chi connectivity index (χ2n) is 4.40. The predicted molar refractivity (Wildman–Crippen MR) is 69.4 cm³/mol. The molecule has 0 aliphatic heterocycles. The van der Waals surface area contributed by atoms with Crippen LogP contribution in [0.4, 0.5) is 0 Å². The molecule has 1 aromatic rings. The van der Waals surface area contributed by atoms with Gasteiger partial charge in [-0.05, 0) is 18.4 Å². The van der Waals surface area contributed by atoms with Gasteiger partial charge in [-0.15, -0.1) is 6.58 Å². The molecule has 0 amide bonds. The Labute approximate surface area is 102 Å². The molecule has 17 heavy (non-hydrogen) atoms. The van der Waals surface area contributed by atoms with Gasteiger partial charge in [-0.3, -0.25) is 0 Å². The van der Waals surface area contributed by atoms with E-state index in [2.05, 4.69) is 6.58 Å². The van der Waals surface area contributed by atoms with E-state index in [1.54, 1.807) is 13.2 Å². The van der Waals surface area contributed by atoms with E-state index in [9.17, 15) is 5.11 Å². The molecule has 0 heterocycles. The quantitative estimate of drug-likeness (QED) is 0.805. The van der Waals surface area contributed by atoms with Gasteiger partial charge in [0.05, 0.1) is 7.11 Å². The highest BCUT2D eigenvalue weighted by atomic mass is 16.5. The molecule has 1 unspecified atom stereocenters. The van der Waals surface area contributed by atoms with Gasteiger partial charge in [0.15, 0.2) is 0 Å². The van der Waals surface area contributed by atoms with Crippen LogP contribution in [0.3, 0.4) is 0 Å². The molecule has 0 saturated carbocycles. The predicted octanol–water partition coefficient (Wildman–Crippen LogP) is 3.15. The fourth-order valence-corrected chi connectivity index (χ4v) is 2.50. The van der Waals surface area contributed by atoms with Crippen molar-refractivity contribution in [1.29, 1.82) is 0 Å². The first-order chi connectivity index (χ1) is 8.21. The average Bonchev–Trinajstić information content (AvgIpc) is 2.67. The highest BCUT2D eigenvalue weighted by Gasteiger charge is 2.39. The van der Waals surface area contributed by atoms with Crippen molar-refractivity contribution in [3.05, 3.63) is 54.3 Å². The Bertz CT molecular complexity index is 433. The van der Waals surface area contributed by atoms with E-state index >= 15 is 0 Å². The Morgan fingerprint density at radius 2 is 2.12 bits per heavy atom. The molecule has 0 radical (unpaired) electrons. The van der Waals surface area contributed by atoms with Crippen molar-refractivity contribution in [1.82, 2.24) is 0 Å². The van der Waals surface area contributed by atoms with E-state index in [1.165, 1.54) is 0 Å². The minimum absolute atomic E-state index is 0.534. The second-order valence-corrected chi connectivity index (χ2v) is 4.40. The van der Waals surface area contributed by atoms with Gasteiger partial charge in [-0.1, -0.05) is 36.4 Å². The van der Waals surface area contributed by atoms with Crippen molar-refractivity contribution in [3.8, 4) is 0 Å². The molecule has 0 saturated heterocycles. The summed E-state index contributed by atoms with van der Waals surface area (Å²) in [5.74, 6) is 0.698. The van der Waals surface area contributed by atoms with Crippen LogP contribution in [-0.4, -0.2) is 17.8 Å². The van der Waals surface area contributed by atoms with Crippen LogP contribution < -0.4 is 0 Å². The molecule has 1 aromatic carbocycles. The highest BCUT2D eigenvalue weighted by molar-refractivity contribution is 5.71. The summed E-state index contributed by atoms with van der Waals surface area (Å²) in [5.41, 5.74) is 1.36. The maximum atomic E-state index is 10.5. The first kappa shape index (κ1) is 11.9. The molecule has 0 spiro atoms. The summed E-state index contributed by atoms with van der Waals surface area (Å²) in [6.45, 7) is 3.70. The number of hydrogen-bond donors (Lipinski definition) is 1. The fraction of sp³-hybridized carbons (Fsp3) is 0.333. The van der Waals surface area contributed by atoms with E-state index in [-0.39, 0.29) is 0 Å². The second kappa shape index (κ2) is 4.76. The summed E-state index contributed by atoms with van der Waals surface area (Å²) < 4.78 is 5.43. The first-order valence-corrected chi connectivity index (χ1v) is 5.87. The largest absolute Gasteiger partial charge is 0.498 e. The molecule has 90 valence electrons. The maximum Gasteiger partial charge on any atom is 0.131 e. The molecule has 1 aliphatic rings. The lowest BCUT2D eigenvalue weighted by Gasteiger charge is -2.24. The van der Waals surface area contributed by atoms with Crippen LogP contribution in [0.25, 0.3) is 5.57 Å². The fourth-order valence-electron chi connectivity index (χ4n) is 2.50. The lowest BCUT2D eigenvalue weighted by molar-refractivity contribution is 0.0304. The third-order valence-electron chi connectivity index (χ3n) is 3.29. The normalized spacial score (nSPS) is 23.9. The van der Waals surface area contributed by atoms with E-state index < -0.39 is 5.60 Å². The molecule has 2 rings (SSSR count). The summed E-state index contributed by atoms with van der Waals surface area (Å²) in [6.07, 6.45) is 3.82. The van der Waals surface area contributed by atoms with Crippen LogP contribution in [0.15, 0.2) is 48.7 Å². The van der Waals surface area contributed by atoms with Crippen LogP contribution >= 0.6 is 0 Å². The number of methoxy groups -OCH3 is 1. The van der Waals surface area contributed by atoms with Gasteiger partial charge in [0.2, 0.25) is 0 Å². The summed E-state index contributed by atoms with van der Waals surface area (Å²) in [6, 6.07) is 10.1. The molecule has 0 fully saturated rings. The molecule has 1 N–H and O–H groups in total. The van der Waals surface area contributed by atoms with E-state index in [0.717, 1.165) is 17.6 Å². The van der Waals surface area contributed by atoms with Crippen LogP contribution in [0.1, 0.15) is 24.8 Å². The Kier molecular flexibility index (Phi) is 3.34. The molecule has 2 nitrogen and oxygen atoms in total. The van der Waals surface area contributed by atoms with Crippen molar-refractivity contribution in [2.45, 2.75) is 24.9 Å². The molecule has 1 atom stereocenters. The molecular weight excluding hydrogens is 212 g/mol. The number of rotatable bonds is 4.